The van der Waals surface area contributed by atoms with E-state index in [1.54, 1.807) is 0 Å². The Morgan fingerprint density at radius 2 is 1.05 bits per heavy atom. The third-order valence-corrected chi connectivity index (χ3v) is 11.4. The lowest BCUT2D eigenvalue weighted by Gasteiger charge is -2.53. The van der Waals surface area contributed by atoms with Crippen LogP contribution in [0.2, 0.25) is 0 Å². The molecule has 0 amide bonds. The Bertz CT molecular complexity index is 754. The second-order valence-corrected chi connectivity index (χ2v) is 14.6. The van der Waals surface area contributed by atoms with E-state index in [-0.39, 0.29) is 34.6 Å². The summed E-state index contributed by atoms with van der Waals surface area (Å²) in [5.74, 6) is 2.17. The SMILES string of the molecule is C=C(C)[C@H](C)CC[C@]1(C)O[C@](C)([C@H]2CC[C@@H]([C@@]3(C)CC[C@@H](C)[C@](C)(CC[C@H](C)C(=C)C)O3)O2)CC[C@H]1C. The molecule has 0 aromatic heterocycles. The Morgan fingerprint density at radius 1 is 0.703 bits per heavy atom. The molecule has 3 fully saturated rings. The number of rotatable bonds is 10. The lowest BCUT2D eigenvalue weighted by Crippen LogP contribution is -2.57. The number of ether oxygens (including phenoxy) is 3. The number of hydrogen-bond donors (Lipinski definition) is 0. The Kier molecular flexibility index (Phi) is 9.57. The fourth-order valence-electron chi connectivity index (χ4n) is 7.07. The third-order valence-electron chi connectivity index (χ3n) is 11.4. The molecule has 3 aliphatic rings. The molecule has 3 saturated heterocycles. The molecule has 3 rings (SSSR count). The maximum absolute atomic E-state index is 7.10. The van der Waals surface area contributed by atoms with E-state index < -0.39 is 0 Å². The Morgan fingerprint density at radius 3 is 1.38 bits per heavy atom. The van der Waals surface area contributed by atoms with Crippen LogP contribution in [0.5, 0.6) is 0 Å². The summed E-state index contributed by atoms with van der Waals surface area (Å²) >= 11 is 0. The molecule has 0 aromatic carbocycles. The summed E-state index contributed by atoms with van der Waals surface area (Å²) in [7, 11) is 0. The van der Waals surface area contributed by atoms with Crippen LogP contribution < -0.4 is 0 Å². The molecular weight excluding hydrogens is 456 g/mol. The fourth-order valence-corrected chi connectivity index (χ4v) is 7.07. The maximum atomic E-state index is 7.10. The van der Waals surface area contributed by atoms with Gasteiger partial charge in [-0.2, -0.15) is 0 Å². The summed E-state index contributed by atoms with van der Waals surface area (Å²) in [6.45, 7) is 31.3. The van der Waals surface area contributed by atoms with Crippen LogP contribution in [0.4, 0.5) is 0 Å². The van der Waals surface area contributed by atoms with Crippen LogP contribution in [-0.4, -0.2) is 34.6 Å². The van der Waals surface area contributed by atoms with Gasteiger partial charge in [-0.3, -0.25) is 0 Å². The van der Waals surface area contributed by atoms with E-state index in [1.807, 2.05) is 0 Å². The molecule has 10 atom stereocenters. The molecule has 0 spiro atoms. The molecule has 0 N–H and O–H groups in total. The average Bonchev–Trinajstić information content (AvgIpc) is 3.34. The lowest BCUT2D eigenvalue weighted by molar-refractivity contribution is -0.271. The van der Waals surface area contributed by atoms with Crippen LogP contribution >= 0.6 is 0 Å². The van der Waals surface area contributed by atoms with Crippen molar-refractivity contribution >= 4 is 0 Å². The maximum Gasteiger partial charge on any atom is 0.0922 e. The van der Waals surface area contributed by atoms with E-state index in [1.165, 1.54) is 24.0 Å². The van der Waals surface area contributed by atoms with Crippen LogP contribution in [0.25, 0.3) is 0 Å². The standard InChI is InChI=1S/C34H60O3/c1-23(2)25(5)15-19-31(9)27(7)17-21-33(11,36-31)29-13-14-30(35-29)34(12)22-18-28(8)32(10,37-34)20-16-26(6)24(3)4/h25-30H,1,3,13-22H2,2,4-12H3/t25-,26+,27-,28-,29-,30+,31+,32+,33+,34-/m1/s1. The predicted octanol–water partition coefficient (Wildman–Crippen LogP) is 9.45. The molecular formula is C34H60O3. The van der Waals surface area contributed by atoms with E-state index in [9.17, 15) is 0 Å². The van der Waals surface area contributed by atoms with Gasteiger partial charge in [0.15, 0.2) is 0 Å². The number of allylic oxidation sites excluding steroid dienone is 2. The predicted molar refractivity (Wildman–Crippen MR) is 157 cm³/mol. The van der Waals surface area contributed by atoms with Crippen molar-refractivity contribution in [3.05, 3.63) is 24.3 Å². The molecule has 3 heteroatoms. The van der Waals surface area contributed by atoms with Crippen molar-refractivity contribution in [3.63, 3.8) is 0 Å². The third kappa shape index (κ3) is 6.75. The topological polar surface area (TPSA) is 27.7 Å². The second kappa shape index (κ2) is 11.5. The van der Waals surface area contributed by atoms with Gasteiger partial charge in [-0.1, -0.05) is 52.0 Å². The van der Waals surface area contributed by atoms with Crippen molar-refractivity contribution in [2.75, 3.05) is 0 Å². The summed E-state index contributed by atoms with van der Waals surface area (Å²) in [6.07, 6.45) is 11.4. The van der Waals surface area contributed by atoms with Crippen LogP contribution in [0, 0.1) is 23.7 Å². The molecule has 3 nitrogen and oxygen atoms in total. The van der Waals surface area contributed by atoms with Crippen molar-refractivity contribution in [2.24, 2.45) is 23.7 Å². The van der Waals surface area contributed by atoms with Gasteiger partial charge < -0.3 is 14.2 Å². The quantitative estimate of drug-likeness (QED) is 0.271. The first kappa shape index (κ1) is 30.9. The van der Waals surface area contributed by atoms with E-state index in [4.69, 9.17) is 14.2 Å². The first-order valence-electron chi connectivity index (χ1n) is 15.4. The molecule has 0 radical (unpaired) electrons. The van der Waals surface area contributed by atoms with Crippen molar-refractivity contribution < 1.29 is 14.2 Å². The van der Waals surface area contributed by atoms with Gasteiger partial charge in [-0.25, -0.2) is 0 Å². The number of hydrogen-bond acceptors (Lipinski definition) is 3. The lowest BCUT2D eigenvalue weighted by atomic mass is 9.73. The summed E-state index contributed by atoms with van der Waals surface area (Å²) in [4.78, 5) is 0. The van der Waals surface area contributed by atoms with Gasteiger partial charge in [0.25, 0.3) is 0 Å². The average molecular weight is 517 g/mol. The van der Waals surface area contributed by atoms with Gasteiger partial charge in [0.2, 0.25) is 0 Å². The zero-order valence-corrected chi connectivity index (χ0v) is 26.2. The second-order valence-electron chi connectivity index (χ2n) is 14.6. The Balaban J connectivity index is 1.67. The van der Waals surface area contributed by atoms with Crippen molar-refractivity contribution in [3.8, 4) is 0 Å². The summed E-state index contributed by atoms with van der Waals surface area (Å²) in [5.41, 5.74) is 1.84. The molecule has 3 aliphatic heterocycles. The molecule has 0 aromatic rings. The minimum absolute atomic E-state index is 0.114. The largest absolute Gasteiger partial charge is 0.369 e. The van der Waals surface area contributed by atoms with Crippen LogP contribution in [0.1, 0.15) is 133 Å². The monoisotopic (exact) mass is 516 g/mol. The summed E-state index contributed by atoms with van der Waals surface area (Å²) in [6, 6.07) is 0. The zero-order chi connectivity index (χ0) is 27.8. The molecule has 3 heterocycles. The molecule has 0 saturated carbocycles. The Hall–Kier alpha value is -0.640. The van der Waals surface area contributed by atoms with Gasteiger partial charge in [0.05, 0.1) is 34.6 Å². The first-order chi connectivity index (χ1) is 17.0. The highest BCUT2D eigenvalue weighted by Crippen LogP contribution is 2.51. The van der Waals surface area contributed by atoms with E-state index in [0.717, 1.165) is 51.4 Å². The normalized spacial score (nSPS) is 44.4. The van der Waals surface area contributed by atoms with Crippen molar-refractivity contribution in [1.82, 2.24) is 0 Å². The molecule has 0 unspecified atom stereocenters. The molecule has 0 bridgehead atoms. The van der Waals surface area contributed by atoms with Gasteiger partial charge in [0, 0.05) is 0 Å². The Labute approximate surface area is 230 Å². The van der Waals surface area contributed by atoms with E-state index in [2.05, 4.69) is 82.4 Å². The van der Waals surface area contributed by atoms with Crippen molar-refractivity contribution in [1.29, 1.82) is 0 Å². The van der Waals surface area contributed by atoms with Crippen molar-refractivity contribution in [2.45, 2.75) is 168 Å². The van der Waals surface area contributed by atoms with Crippen LogP contribution in [0.15, 0.2) is 24.3 Å². The van der Waals surface area contributed by atoms with Gasteiger partial charge in [-0.05, 0) is 129 Å². The van der Waals surface area contributed by atoms with Gasteiger partial charge in [-0.15, -0.1) is 0 Å². The smallest absolute Gasteiger partial charge is 0.0922 e. The van der Waals surface area contributed by atoms with Crippen LogP contribution in [-0.2, 0) is 14.2 Å². The summed E-state index contributed by atoms with van der Waals surface area (Å²) < 4.78 is 21.1. The molecule has 37 heavy (non-hydrogen) atoms. The fraction of sp³-hybridized carbons (Fsp3) is 0.882. The zero-order valence-electron chi connectivity index (χ0n) is 26.2. The minimum atomic E-state index is -0.235. The first-order valence-corrected chi connectivity index (χ1v) is 15.4. The highest BCUT2D eigenvalue weighted by Gasteiger charge is 2.55. The van der Waals surface area contributed by atoms with Gasteiger partial charge >= 0.3 is 0 Å². The highest BCUT2D eigenvalue weighted by molar-refractivity contribution is 5.05. The molecule has 214 valence electrons. The van der Waals surface area contributed by atoms with Gasteiger partial charge in [0.1, 0.15) is 0 Å². The molecule has 0 aliphatic carbocycles. The summed E-state index contributed by atoms with van der Waals surface area (Å²) in [5, 5.41) is 0. The highest BCUT2D eigenvalue weighted by atomic mass is 16.6. The minimum Gasteiger partial charge on any atom is -0.369 e. The van der Waals surface area contributed by atoms with E-state index in [0.29, 0.717) is 23.7 Å². The van der Waals surface area contributed by atoms with E-state index >= 15 is 0 Å². The van der Waals surface area contributed by atoms with Crippen LogP contribution in [0.3, 0.4) is 0 Å².